The minimum Gasteiger partial charge on any atom is -0.352 e. The van der Waals surface area contributed by atoms with Gasteiger partial charge in [-0.15, -0.1) is 0 Å². The topological polar surface area (TPSA) is 46.0 Å². The van der Waals surface area contributed by atoms with Gasteiger partial charge in [-0.2, -0.15) is 0 Å². The van der Waals surface area contributed by atoms with Gasteiger partial charge in [-0.1, -0.05) is 6.07 Å². The predicted molar refractivity (Wildman–Crippen MR) is 121 cm³/mol. The highest BCUT2D eigenvalue weighted by Gasteiger charge is 2.41. The highest BCUT2D eigenvalue weighted by molar-refractivity contribution is 7.80. The average Bonchev–Trinajstić information content (AvgIpc) is 3.40. The minimum absolute atomic E-state index is 0.101. The molecular formula is C24H20FN5S. The first-order valence-electron chi connectivity index (χ1n) is 10.0. The summed E-state index contributed by atoms with van der Waals surface area (Å²) < 4.78 is 15.6. The summed E-state index contributed by atoms with van der Waals surface area (Å²) in [4.78, 5) is 10.9. The minimum atomic E-state index is -0.258. The maximum Gasteiger partial charge on any atom is 0.170 e. The summed E-state index contributed by atoms with van der Waals surface area (Å²) in [5.74, 6) is -0.258. The number of hydrogen-bond donors (Lipinski definition) is 1. The number of thiocarbonyl (C=S) groups is 1. The summed E-state index contributed by atoms with van der Waals surface area (Å²) >= 11 is 5.76. The van der Waals surface area contributed by atoms with Crippen LogP contribution in [0.1, 0.15) is 29.0 Å². The van der Waals surface area contributed by atoms with Crippen molar-refractivity contribution < 1.29 is 4.39 Å². The van der Waals surface area contributed by atoms with Gasteiger partial charge in [-0.05, 0) is 78.4 Å². The molecule has 154 valence electrons. The molecule has 31 heavy (non-hydrogen) atoms. The van der Waals surface area contributed by atoms with E-state index in [1.165, 1.54) is 12.1 Å². The van der Waals surface area contributed by atoms with Gasteiger partial charge in [0.1, 0.15) is 5.82 Å². The van der Waals surface area contributed by atoms with Crippen molar-refractivity contribution in [2.45, 2.75) is 18.6 Å². The summed E-state index contributed by atoms with van der Waals surface area (Å²) in [5, 5.41) is 4.14. The summed E-state index contributed by atoms with van der Waals surface area (Å²) in [5.41, 5.74) is 3.97. The standard InChI is InChI=1S/C24H20FN5S/c25-18-6-8-19(9-7-18)29-15-3-5-21(29)23-22(20-4-1-2-12-27-20)28-24(31)30(23)16-17-10-13-26-14-11-17/h1-15,22-23H,16H2,(H,28,31). The fraction of sp³-hybridized carbons (Fsp3) is 0.125. The van der Waals surface area contributed by atoms with Crippen molar-refractivity contribution in [3.8, 4) is 5.69 Å². The Bertz CT molecular complexity index is 1180. The summed E-state index contributed by atoms with van der Waals surface area (Å²) in [7, 11) is 0. The molecule has 1 aliphatic heterocycles. The van der Waals surface area contributed by atoms with Gasteiger partial charge in [0.25, 0.3) is 0 Å². The molecule has 1 aromatic carbocycles. The van der Waals surface area contributed by atoms with E-state index in [0.29, 0.717) is 11.7 Å². The Morgan fingerprint density at radius 1 is 0.935 bits per heavy atom. The molecule has 0 amide bonds. The molecule has 5 nitrogen and oxygen atoms in total. The maximum absolute atomic E-state index is 13.5. The van der Waals surface area contributed by atoms with Crippen LogP contribution in [0.3, 0.4) is 0 Å². The van der Waals surface area contributed by atoms with Crippen molar-refractivity contribution in [3.63, 3.8) is 0 Å². The lowest BCUT2D eigenvalue weighted by molar-refractivity contribution is 0.302. The zero-order valence-electron chi connectivity index (χ0n) is 16.6. The van der Waals surface area contributed by atoms with E-state index < -0.39 is 0 Å². The molecule has 7 heteroatoms. The van der Waals surface area contributed by atoms with Crippen LogP contribution < -0.4 is 5.32 Å². The van der Waals surface area contributed by atoms with E-state index in [-0.39, 0.29) is 17.9 Å². The largest absolute Gasteiger partial charge is 0.352 e. The van der Waals surface area contributed by atoms with Gasteiger partial charge in [0.15, 0.2) is 5.11 Å². The van der Waals surface area contributed by atoms with E-state index >= 15 is 0 Å². The fourth-order valence-electron chi connectivity index (χ4n) is 4.05. The first-order chi connectivity index (χ1) is 15.2. The first kappa shape index (κ1) is 19.4. The number of nitrogens with one attached hydrogen (secondary N) is 1. The van der Waals surface area contributed by atoms with Gasteiger partial charge >= 0.3 is 0 Å². The molecule has 0 radical (unpaired) electrons. The predicted octanol–water partition coefficient (Wildman–Crippen LogP) is 4.58. The van der Waals surface area contributed by atoms with Crippen molar-refractivity contribution in [3.05, 3.63) is 114 Å². The normalized spacial score (nSPS) is 18.2. The summed E-state index contributed by atoms with van der Waals surface area (Å²) in [6.07, 6.45) is 7.36. The molecular weight excluding hydrogens is 409 g/mol. The lowest BCUT2D eigenvalue weighted by Crippen LogP contribution is -2.30. The Morgan fingerprint density at radius 3 is 2.48 bits per heavy atom. The number of pyridine rings is 2. The second-order valence-electron chi connectivity index (χ2n) is 7.39. The van der Waals surface area contributed by atoms with Crippen LogP contribution >= 0.6 is 12.2 Å². The first-order valence-corrected chi connectivity index (χ1v) is 10.4. The molecule has 0 saturated carbocycles. The number of rotatable bonds is 5. The third kappa shape index (κ3) is 3.80. The van der Waals surface area contributed by atoms with Gasteiger partial charge in [-0.25, -0.2) is 4.39 Å². The smallest absolute Gasteiger partial charge is 0.170 e. The van der Waals surface area contributed by atoms with Crippen LogP contribution in [0.2, 0.25) is 0 Å². The average molecular weight is 430 g/mol. The Labute approximate surface area is 185 Å². The van der Waals surface area contributed by atoms with E-state index in [4.69, 9.17) is 12.2 Å². The number of aromatic nitrogens is 3. The Hall–Kier alpha value is -3.58. The zero-order chi connectivity index (χ0) is 21.2. The molecule has 2 atom stereocenters. The van der Waals surface area contributed by atoms with Gasteiger partial charge in [-0.3, -0.25) is 9.97 Å². The van der Waals surface area contributed by atoms with Crippen LogP contribution in [0.5, 0.6) is 0 Å². The van der Waals surface area contributed by atoms with Crippen molar-refractivity contribution in [1.29, 1.82) is 0 Å². The van der Waals surface area contributed by atoms with Crippen LogP contribution in [0, 0.1) is 5.82 Å². The van der Waals surface area contributed by atoms with Crippen molar-refractivity contribution in [2.75, 3.05) is 0 Å². The van der Waals surface area contributed by atoms with Crippen LogP contribution in [-0.4, -0.2) is 24.5 Å². The van der Waals surface area contributed by atoms with Crippen LogP contribution in [0.25, 0.3) is 5.69 Å². The van der Waals surface area contributed by atoms with E-state index in [9.17, 15) is 4.39 Å². The van der Waals surface area contributed by atoms with Crippen LogP contribution in [0.15, 0.2) is 91.5 Å². The van der Waals surface area contributed by atoms with Gasteiger partial charge in [0.2, 0.25) is 0 Å². The molecule has 5 rings (SSSR count). The molecule has 0 bridgehead atoms. The van der Waals surface area contributed by atoms with Crippen LogP contribution in [0.4, 0.5) is 4.39 Å². The third-order valence-electron chi connectivity index (χ3n) is 5.49. The number of benzene rings is 1. The molecule has 0 spiro atoms. The molecule has 4 aromatic rings. The Morgan fingerprint density at radius 2 is 1.74 bits per heavy atom. The fourth-order valence-corrected chi connectivity index (χ4v) is 4.36. The van der Waals surface area contributed by atoms with E-state index in [2.05, 4.69) is 30.8 Å². The highest BCUT2D eigenvalue weighted by Crippen LogP contribution is 2.40. The quantitative estimate of drug-likeness (QED) is 0.471. The maximum atomic E-state index is 13.5. The zero-order valence-corrected chi connectivity index (χ0v) is 17.4. The molecule has 3 aromatic heterocycles. The van der Waals surface area contributed by atoms with Crippen LogP contribution in [-0.2, 0) is 6.54 Å². The molecule has 4 heterocycles. The molecule has 2 unspecified atom stereocenters. The second-order valence-corrected chi connectivity index (χ2v) is 7.78. The molecule has 1 fully saturated rings. The third-order valence-corrected chi connectivity index (χ3v) is 5.84. The molecule has 1 saturated heterocycles. The van der Waals surface area contributed by atoms with Gasteiger partial charge in [0, 0.05) is 42.7 Å². The van der Waals surface area contributed by atoms with Gasteiger partial charge in [0.05, 0.1) is 17.8 Å². The van der Waals surface area contributed by atoms with E-state index in [1.807, 2.05) is 42.6 Å². The molecule has 0 aliphatic carbocycles. The summed E-state index contributed by atoms with van der Waals surface area (Å²) in [6, 6.07) is 20.2. The Balaban J connectivity index is 1.60. The summed E-state index contributed by atoms with van der Waals surface area (Å²) in [6.45, 7) is 0.636. The van der Waals surface area contributed by atoms with Crippen molar-refractivity contribution >= 4 is 17.3 Å². The molecule has 1 aliphatic rings. The Kier molecular flexibility index (Phi) is 5.18. The molecule has 1 N–H and O–H groups in total. The number of halogens is 1. The number of hydrogen-bond acceptors (Lipinski definition) is 3. The van der Waals surface area contributed by atoms with Gasteiger partial charge < -0.3 is 14.8 Å². The second kappa shape index (κ2) is 8.28. The van der Waals surface area contributed by atoms with Crippen molar-refractivity contribution in [1.82, 2.24) is 24.8 Å². The monoisotopic (exact) mass is 429 g/mol. The number of nitrogens with zero attached hydrogens (tertiary/aromatic N) is 4. The lowest BCUT2D eigenvalue weighted by atomic mass is 10.0. The van der Waals surface area contributed by atoms with E-state index in [0.717, 1.165) is 22.6 Å². The highest BCUT2D eigenvalue weighted by atomic mass is 32.1. The lowest BCUT2D eigenvalue weighted by Gasteiger charge is -2.29. The van der Waals surface area contributed by atoms with E-state index in [1.54, 1.807) is 30.7 Å². The van der Waals surface area contributed by atoms with Crippen molar-refractivity contribution in [2.24, 2.45) is 0 Å². The SMILES string of the molecule is Fc1ccc(-n2cccc2C2C(c3ccccn3)NC(=S)N2Cc2ccncc2)cc1.